The first-order valence-electron chi connectivity index (χ1n) is 8.55. The average molecular weight is 374 g/mol. The summed E-state index contributed by atoms with van der Waals surface area (Å²) in [6.45, 7) is 3.38. The summed E-state index contributed by atoms with van der Waals surface area (Å²) in [5.74, 6) is 0. The monoisotopic (exact) mass is 374 g/mol. The Morgan fingerprint density at radius 3 is 2.58 bits per heavy atom. The lowest BCUT2D eigenvalue weighted by atomic mass is 9.88. The fourth-order valence-electron chi connectivity index (χ4n) is 3.61. The van der Waals surface area contributed by atoms with E-state index < -0.39 is 14.9 Å². The number of nitro groups is 1. The molecule has 0 heterocycles. The number of fused-ring (bicyclic) bond motifs is 1. The Kier molecular flexibility index (Phi) is 4.86. The summed E-state index contributed by atoms with van der Waals surface area (Å²) in [6, 6.07) is 10.2. The quantitative estimate of drug-likeness (QED) is 0.600. The van der Waals surface area contributed by atoms with E-state index in [1.165, 1.54) is 16.4 Å². The SMILES string of the molecule is Cc1cc([N+](=O)[O-])cc(S(=O)(=O)N(C)C2CCCc3ccccc32)c1C. The molecule has 7 heteroatoms. The second-order valence-electron chi connectivity index (χ2n) is 6.77. The predicted octanol–water partition coefficient (Wildman–Crippen LogP) is 3.91. The van der Waals surface area contributed by atoms with E-state index in [0.717, 1.165) is 30.4 Å². The minimum absolute atomic E-state index is 0.00903. The molecule has 0 radical (unpaired) electrons. The summed E-state index contributed by atoms with van der Waals surface area (Å²) in [5.41, 5.74) is 3.12. The maximum atomic E-state index is 13.3. The van der Waals surface area contributed by atoms with Crippen molar-refractivity contribution >= 4 is 15.7 Å². The van der Waals surface area contributed by atoms with Crippen LogP contribution in [0.25, 0.3) is 0 Å². The smallest absolute Gasteiger partial charge is 0.258 e. The van der Waals surface area contributed by atoms with Crippen LogP contribution < -0.4 is 0 Å². The first-order chi connectivity index (χ1) is 12.2. The number of nitro benzene ring substituents is 1. The van der Waals surface area contributed by atoms with Crippen LogP contribution in [-0.4, -0.2) is 24.7 Å². The summed E-state index contributed by atoms with van der Waals surface area (Å²) < 4.78 is 28.0. The Hall–Kier alpha value is -2.25. The number of non-ortho nitro benzene ring substituents is 1. The number of benzene rings is 2. The maximum absolute atomic E-state index is 13.3. The van der Waals surface area contributed by atoms with E-state index in [-0.39, 0.29) is 16.6 Å². The summed E-state index contributed by atoms with van der Waals surface area (Å²) >= 11 is 0. The van der Waals surface area contributed by atoms with Crippen molar-refractivity contribution < 1.29 is 13.3 Å². The van der Waals surface area contributed by atoms with Crippen molar-refractivity contribution in [2.75, 3.05) is 7.05 Å². The number of nitrogens with zero attached hydrogens (tertiary/aromatic N) is 2. The highest BCUT2D eigenvalue weighted by Crippen LogP contribution is 2.37. The molecule has 0 fully saturated rings. The van der Waals surface area contributed by atoms with Gasteiger partial charge in [-0.15, -0.1) is 0 Å². The van der Waals surface area contributed by atoms with Gasteiger partial charge in [-0.2, -0.15) is 4.31 Å². The van der Waals surface area contributed by atoms with Gasteiger partial charge in [-0.25, -0.2) is 8.42 Å². The van der Waals surface area contributed by atoms with Gasteiger partial charge in [0.1, 0.15) is 0 Å². The molecule has 0 amide bonds. The Balaban J connectivity index is 2.08. The number of sulfonamides is 1. The molecule has 26 heavy (non-hydrogen) atoms. The van der Waals surface area contributed by atoms with E-state index in [9.17, 15) is 18.5 Å². The van der Waals surface area contributed by atoms with Crippen molar-refractivity contribution in [1.29, 1.82) is 0 Å². The standard InChI is InChI=1S/C19H22N2O4S/c1-13-11-16(21(22)23)12-19(14(13)2)26(24,25)20(3)18-10-6-8-15-7-4-5-9-17(15)18/h4-5,7,9,11-12,18H,6,8,10H2,1-3H3. The van der Waals surface area contributed by atoms with Gasteiger partial charge in [-0.1, -0.05) is 24.3 Å². The van der Waals surface area contributed by atoms with Crippen LogP contribution in [0.5, 0.6) is 0 Å². The molecule has 0 aromatic heterocycles. The van der Waals surface area contributed by atoms with Crippen molar-refractivity contribution in [3.63, 3.8) is 0 Å². The van der Waals surface area contributed by atoms with Gasteiger partial charge in [0, 0.05) is 25.2 Å². The van der Waals surface area contributed by atoms with E-state index in [4.69, 9.17) is 0 Å². The second-order valence-corrected chi connectivity index (χ2v) is 8.74. The van der Waals surface area contributed by atoms with Crippen molar-refractivity contribution in [3.05, 3.63) is 68.8 Å². The third-order valence-corrected chi connectivity index (χ3v) is 7.24. The van der Waals surface area contributed by atoms with E-state index in [0.29, 0.717) is 11.1 Å². The molecular formula is C19H22N2O4S. The fraction of sp³-hybridized carbons (Fsp3) is 0.368. The molecule has 3 rings (SSSR count). The Morgan fingerprint density at radius 2 is 1.88 bits per heavy atom. The molecule has 0 aliphatic heterocycles. The Labute approximate surface area is 153 Å². The van der Waals surface area contributed by atoms with Crippen molar-refractivity contribution in [1.82, 2.24) is 4.31 Å². The van der Waals surface area contributed by atoms with Gasteiger partial charge >= 0.3 is 0 Å². The van der Waals surface area contributed by atoms with Gasteiger partial charge < -0.3 is 0 Å². The lowest BCUT2D eigenvalue weighted by molar-refractivity contribution is -0.385. The molecule has 0 N–H and O–H groups in total. The molecule has 2 aromatic carbocycles. The lowest BCUT2D eigenvalue weighted by Gasteiger charge is -2.33. The zero-order valence-electron chi connectivity index (χ0n) is 15.1. The first-order valence-corrected chi connectivity index (χ1v) is 9.99. The molecule has 0 saturated carbocycles. The van der Waals surface area contributed by atoms with Gasteiger partial charge in [0.2, 0.25) is 10.0 Å². The average Bonchev–Trinajstić information content (AvgIpc) is 2.62. The van der Waals surface area contributed by atoms with E-state index in [2.05, 4.69) is 0 Å². The molecule has 0 spiro atoms. The van der Waals surface area contributed by atoms with E-state index in [1.54, 1.807) is 20.9 Å². The van der Waals surface area contributed by atoms with Crippen LogP contribution in [0.2, 0.25) is 0 Å². The van der Waals surface area contributed by atoms with Crippen molar-refractivity contribution in [3.8, 4) is 0 Å². The molecule has 1 aliphatic carbocycles. The first kappa shape index (κ1) is 18.5. The molecule has 6 nitrogen and oxygen atoms in total. The fourth-order valence-corrected chi connectivity index (χ4v) is 5.29. The summed E-state index contributed by atoms with van der Waals surface area (Å²) in [5, 5.41) is 11.2. The largest absolute Gasteiger partial charge is 0.271 e. The molecule has 0 saturated heterocycles. The zero-order valence-corrected chi connectivity index (χ0v) is 15.9. The molecule has 2 aromatic rings. The van der Waals surface area contributed by atoms with Crippen LogP contribution in [0.3, 0.4) is 0 Å². The zero-order chi connectivity index (χ0) is 19.1. The lowest BCUT2D eigenvalue weighted by Crippen LogP contribution is -2.33. The van der Waals surface area contributed by atoms with Gasteiger partial charge in [0.05, 0.1) is 9.82 Å². The highest BCUT2D eigenvalue weighted by Gasteiger charge is 2.34. The van der Waals surface area contributed by atoms with Crippen LogP contribution in [0.1, 0.15) is 41.1 Å². The van der Waals surface area contributed by atoms with Gasteiger partial charge in [0.15, 0.2) is 0 Å². The molecule has 1 atom stereocenters. The molecular weight excluding hydrogens is 352 g/mol. The number of aryl methyl sites for hydroxylation is 2. The highest BCUT2D eigenvalue weighted by atomic mass is 32.2. The van der Waals surface area contributed by atoms with Crippen LogP contribution in [0.4, 0.5) is 5.69 Å². The number of hydrogen-bond acceptors (Lipinski definition) is 4. The minimum atomic E-state index is -3.86. The second kappa shape index (κ2) is 6.81. The van der Waals surface area contributed by atoms with E-state index >= 15 is 0 Å². The summed E-state index contributed by atoms with van der Waals surface area (Å²) in [6.07, 6.45) is 2.59. The maximum Gasteiger partial charge on any atom is 0.271 e. The normalized spacial score (nSPS) is 17.2. The van der Waals surface area contributed by atoms with Crippen molar-refractivity contribution in [2.45, 2.75) is 44.0 Å². The molecule has 138 valence electrons. The predicted molar refractivity (Wildman–Crippen MR) is 99.6 cm³/mol. The number of hydrogen-bond donors (Lipinski definition) is 0. The summed E-state index contributed by atoms with van der Waals surface area (Å²) in [4.78, 5) is 10.6. The topological polar surface area (TPSA) is 80.5 Å². The molecule has 1 aliphatic rings. The molecule has 1 unspecified atom stereocenters. The minimum Gasteiger partial charge on any atom is -0.258 e. The van der Waals surface area contributed by atoms with Crippen LogP contribution in [0, 0.1) is 24.0 Å². The van der Waals surface area contributed by atoms with Crippen molar-refractivity contribution in [2.24, 2.45) is 0 Å². The van der Waals surface area contributed by atoms with Crippen LogP contribution in [-0.2, 0) is 16.4 Å². The summed E-state index contributed by atoms with van der Waals surface area (Å²) in [7, 11) is -2.30. The van der Waals surface area contributed by atoms with Gasteiger partial charge in [0.25, 0.3) is 5.69 Å². The Bertz CT molecular complexity index is 969. The van der Waals surface area contributed by atoms with E-state index in [1.807, 2.05) is 24.3 Å². The third-order valence-electron chi connectivity index (χ3n) is 5.25. The number of rotatable bonds is 4. The third kappa shape index (κ3) is 3.12. The van der Waals surface area contributed by atoms with Gasteiger partial charge in [-0.3, -0.25) is 10.1 Å². The highest BCUT2D eigenvalue weighted by molar-refractivity contribution is 7.89. The molecule has 0 bridgehead atoms. The van der Waals surface area contributed by atoms with Gasteiger partial charge in [-0.05, 0) is 55.4 Å². The van der Waals surface area contributed by atoms with Crippen LogP contribution in [0.15, 0.2) is 41.3 Å². The Morgan fingerprint density at radius 1 is 1.19 bits per heavy atom. The van der Waals surface area contributed by atoms with Crippen LogP contribution >= 0.6 is 0 Å².